The zero-order chi connectivity index (χ0) is 14.7. The second kappa shape index (κ2) is 6.26. The van der Waals surface area contributed by atoms with Gasteiger partial charge >= 0.3 is 0 Å². The summed E-state index contributed by atoms with van der Waals surface area (Å²) in [5, 5.41) is 2.99. The van der Waals surface area contributed by atoms with Crippen molar-refractivity contribution in [2.45, 2.75) is 25.3 Å². The van der Waals surface area contributed by atoms with Crippen LogP contribution in [0.2, 0.25) is 0 Å². The fraction of sp³-hybridized carbons (Fsp3) is 0.500. The van der Waals surface area contributed by atoms with Crippen molar-refractivity contribution in [3.05, 3.63) is 35.1 Å². The Balaban J connectivity index is 2.27. The summed E-state index contributed by atoms with van der Waals surface area (Å²) >= 11 is 0. The molecule has 0 saturated carbocycles. The number of likely N-dealkylation sites (N-methyl/N-ethyl adjacent to an activating group) is 1. The average molecular weight is 286 g/mol. The Morgan fingerprint density at radius 1 is 1.30 bits per heavy atom. The lowest BCUT2D eigenvalue weighted by Gasteiger charge is -2.35. The summed E-state index contributed by atoms with van der Waals surface area (Å²) in [5.41, 5.74) is -0.410. The third-order valence-corrected chi connectivity index (χ3v) is 3.59. The highest BCUT2D eigenvalue weighted by Gasteiger charge is 2.29. The molecular formula is C14H17F3N2O. The topological polar surface area (TPSA) is 32.3 Å². The Morgan fingerprint density at radius 3 is 2.75 bits per heavy atom. The summed E-state index contributed by atoms with van der Waals surface area (Å²) in [7, 11) is 1.77. The van der Waals surface area contributed by atoms with E-state index in [1.807, 2.05) is 0 Å². The van der Waals surface area contributed by atoms with Crippen LogP contribution in [0.3, 0.4) is 0 Å². The molecule has 110 valence electrons. The number of likely N-dealkylation sites (tertiary alicyclic amines) is 1. The zero-order valence-corrected chi connectivity index (χ0v) is 11.3. The number of benzene rings is 1. The van der Waals surface area contributed by atoms with Gasteiger partial charge in [0.05, 0.1) is 5.56 Å². The molecule has 1 saturated heterocycles. The molecule has 1 amide bonds. The first-order valence-corrected chi connectivity index (χ1v) is 6.65. The van der Waals surface area contributed by atoms with Gasteiger partial charge < -0.3 is 10.2 Å². The third kappa shape index (κ3) is 2.80. The molecule has 0 bridgehead atoms. The van der Waals surface area contributed by atoms with Crippen molar-refractivity contribution in [2.75, 3.05) is 20.1 Å². The summed E-state index contributed by atoms with van der Waals surface area (Å²) in [4.78, 5) is 13.9. The van der Waals surface area contributed by atoms with E-state index in [2.05, 4.69) is 5.32 Å². The normalized spacial score (nSPS) is 19.2. The van der Waals surface area contributed by atoms with Crippen LogP contribution in [0.4, 0.5) is 13.2 Å². The van der Waals surface area contributed by atoms with E-state index in [1.54, 1.807) is 7.05 Å². The molecule has 1 heterocycles. The van der Waals surface area contributed by atoms with Crippen molar-refractivity contribution in [3.8, 4) is 0 Å². The van der Waals surface area contributed by atoms with E-state index in [0.717, 1.165) is 31.4 Å². The van der Waals surface area contributed by atoms with Gasteiger partial charge in [-0.3, -0.25) is 4.79 Å². The molecule has 1 aliphatic rings. The molecule has 1 aliphatic heterocycles. The van der Waals surface area contributed by atoms with Crippen LogP contribution in [-0.4, -0.2) is 37.0 Å². The van der Waals surface area contributed by atoms with Gasteiger partial charge in [0.25, 0.3) is 5.91 Å². The van der Waals surface area contributed by atoms with Crippen molar-refractivity contribution in [3.63, 3.8) is 0 Å². The number of nitrogens with one attached hydrogen (secondary N) is 1. The molecule has 20 heavy (non-hydrogen) atoms. The first-order chi connectivity index (χ1) is 9.56. The van der Waals surface area contributed by atoms with Gasteiger partial charge in [0.2, 0.25) is 0 Å². The molecular weight excluding hydrogens is 269 g/mol. The standard InChI is InChI=1S/C14H17F3N2O/c1-18-8-9-4-2-3-7-19(9)14(20)10-5-6-11(15)13(17)12(10)16/h5-6,9,18H,2-4,7-8H2,1H3. The van der Waals surface area contributed by atoms with Gasteiger partial charge in [0.1, 0.15) is 0 Å². The second-order valence-electron chi connectivity index (χ2n) is 4.93. The average Bonchev–Trinajstić information content (AvgIpc) is 2.45. The SMILES string of the molecule is CNCC1CCCCN1C(=O)c1ccc(F)c(F)c1F. The number of carbonyl (C=O) groups is 1. The molecule has 1 unspecified atom stereocenters. The van der Waals surface area contributed by atoms with Crippen molar-refractivity contribution in [1.29, 1.82) is 0 Å². The van der Waals surface area contributed by atoms with Gasteiger partial charge in [0.15, 0.2) is 17.5 Å². The van der Waals surface area contributed by atoms with Crippen molar-refractivity contribution in [1.82, 2.24) is 10.2 Å². The summed E-state index contributed by atoms with van der Waals surface area (Å²) < 4.78 is 39.8. The zero-order valence-electron chi connectivity index (χ0n) is 11.3. The van der Waals surface area contributed by atoms with E-state index < -0.39 is 28.9 Å². The maximum Gasteiger partial charge on any atom is 0.257 e. The van der Waals surface area contributed by atoms with Crippen LogP contribution < -0.4 is 5.32 Å². The predicted molar refractivity (Wildman–Crippen MR) is 68.9 cm³/mol. The fourth-order valence-corrected chi connectivity index (χ4v) is 2.56. The van der Waals surface area contributed by atoms with E-state index in [-0.39, 0.29) is 6.04 Å². The molecule has 1 aromatic rings. The lowest BCUT2D eigenvalue weighted by molar-refractivity contribution is 0.0609. The number of nitrogens with zero attached hydrogens (tertiary/aromatic N) is 1. The molecule has 2 rings (SSSR count). The number of halogens is 3. The molecule has 0 aromatic heterocycles. The van der Waals surface area contributed by atoms with Crippen LogP contribution in [0.25, 0.3) is 0 Å². The fourth-order valence-electron chi connectivity index (χ4n) is 2.56. The molecule has 0 spiro atoms. The minimum atomic E-state index is -1.60. The molecule has 1 atom stereocenters. The van der Waals surface area contributed by atoms with Crippen LogP contribution >= 0.6 is 0 Å². The van der Waals surface area contributed by atoms with Crippen molar-refractivity contribution < 1.29 is 18.0 Å². The first-order valence-electron chi connectivity index (χ1n) is 6.65. The number of amides is 1. The first kappa shape index (κ1) is 14.8. The number of hydrogen-bond acceptors (Lipinski definition) is 2. The smallest absolute Gasteiger partial charge is 0.257 e. The molecule has 1 N–H and O–H groups in total. The Kier molecular flexibility index (Phi) is 4.65. The Morgan fingerprint density at radius 2 is 2.05 bits per heavy atom. The number of hydrogen-bond donors (Lipinski definition) is 1. The largest absolute Gasteiger partial charge is 0.334 e. The summed E-state index contributed by atoms with van der Waals surface area (Å²) in [5.74, 6) is -4.88. The second-order valence-corrected chi connectivity index (χ2v) is 4.93. The van der Waals surface area contributed by atoms with Crippen LogP contribution in [0.5, 0.6) is 0 Å². The van der Waals surface area contributed by atoms with Crippen molar-refractivity contribution >= 4 is 5.91 Å². The summed E-state index contributed by atoms with van der Waals surface area (Å²) in [6, 6.07) is 1.73. The summed E-state index contributed by atoms with van der Waals surface area (Å²) in [6.45, 7) is 1.10. The monoisotopic (exact) mass is 286 g/mol. The molecule has 6 heteroatoms. The van der Waals surface area contributed by atoms with Gasteiger partial charge in [-0.05, 0) is 38.4 Å². The molecule has 3 nitrogen and oxygen atoms in total. The molecule has 1 aromatic carbocycles. The number of rotatable bonds is 3. The Bertz CT molecular complexity index is 505. The van der Waals surface area contributed by atoms with Crippen LogP contribution in [0, 0.1) is 17.5 Å². The van der Waals surface area contributed by atoms with E-state index in [9.17, 15) is 18.0 Å². The highest BCUT2D eigenvalue weighted by molar-refractivity contribution is 5.94. The highest BCUT2D eigenvalue weighted by atomic mass is 19.2. The lowest BCUT2D eigenvalue weighted by Crippen LogP contribution is -2.48. The summed E-state index contributed by atoms with van der Waals surface area (Å²) in [6.07, 6.45) is 2.64. The van der Waals surface area contributed by atoms with E-state index in [1.165, 1.54) is 4.90 Å². The lowest BCUT2D eigenvalue weighted by atomic mass is 10.0. The van der Waals surface area contributed by atoms with Gasteiger partial charge in [-0.15, -0.1) is 0 Å². The van der Waals surface area contributed by atoms with Gasteiger partial charge in [-0.1, -0.05) is 0 Å². The highest BCUT2D eigenvalue weighted by Crippen LogP contribution is 2.22. The Hall–Kier alpha value is -1.56. The van der Waals surface area contributed by atoms with Gasteiger partial charge in [-0.2, -0.15) is 0 Å². The Labute approximate surface area is 115 Å². The van der Waals surface area contributed by atoms with Crippen molar-refractivity contribution in [2.24, 2.45) is 0 Å². The maximum absolute atomic E-state index is 13.7. The van der Waals surface area contributed by atoms with E-state index in [0.29, 0.717) is 13.1 Å². The third-order valence-electron chi connectivity index (χ3n) is 3.59. The van der Waals surface area contributed by atoms with Crippen LogP contribution in [0.1, 0.15) is 29.6 Å². The van der Waals surface area contributed by atoms with E-state index >= 15 is 0 Å². The quantitative estimate of drug-likeness (QED) is 0.865. The molecule has 0 radical (unpaired) electrons. The van der Waals surface area contributed by atoms with Crippen LogP contribution in [-0.2, 0) is 0 Å². The molecule has 0 aliphatic carbocycles. The maximum atomic E-state index is 13.7. The predicted octanol–water partition coefficient (Wildman–Crippen LogP) is 2.32. The number of piperidine rings is 1. The van der Waals surface area contributed by atoms with E-state index in [4.69, 9.17) is 0 Å². The minimum absolute atomic E-state index is 0.0474. The van der Waals surface area contributed by atoms with Crippen LogP contribution in [0.15, 0.2) is 12.1 Å². The molecule has 1 fully saturated rings. The van der Waals surface area contributed by atoms with Gasteiger partial charge in [-0.25, -0.2) is 13.2 Å². The minimum Gasteiger partial charge on any atom is -0.334 e. The van der Waals surface area contributed by atoms with Gasteiger partial charge in [0, 0.05) is 19.1 Å². The number of carbonyl (C=O) groups excluding carboxylic acids is 1.